The maximum absolute atomic E-state index is 3.37. The predicted molar refractivity (Wildman–Crippen MR) is 53.0 cm³/mol. The monoisotopic (exact) mass is 166 g/mol. The lowest BCUT2D eigenvalue weighted by Gasteiger charge is -2.32. The van der Waals surface area contributed by atoms with Crippen molar-refractivity contribution >= 4 is 0 Å². The number of nitrogens with zero attached hydrogens (tertiary/aromatic N) is 1. The summed E-state index contributed by atoms with van der Waals surface area (Å²) in [6, 6.07) is 0. The van der Waals surface area contributed by atoms with Gasteiger partial charge in [-0.25, -0.2) is 0 Å². The van der Waals surface area contributed by atoms with Crippen LogP contribution in [-0.4, -0.2) is 31.1 Å². The van der Waals surface area contributed by atoms with Crippen molar-refractivity contribution in [2.75, 3.05) is 26.2 Å². The van der Waals surface area contributed by atoms with Gasteiger partial charge in [0.1, 0.15) is 0 Å². The minimum absolute atomic E-state index is 0. The van der Waals surface area contributed by atoms with Gasteiger partial charge < -0.3 is 10.2 Å². The quantitative estimate of drug-likeness (QED) is 0.633. The first-order valence-corrected chi connectivity index (χ1v) is 4.78. The second-order valence-corrected chi connectivity index (χ2v) is 3.36. The molecule has 1 saturated heterocycles. The van der Waals surface area contributed by atoms with E-state index in [4.69, 9.17) is 0 Å². The first kappa shape index (κ1) is 7.87. The Labute approximate surface area is 75.4 Å². The van der Waals surface area contributed by atoms with Crippen molar-refractivity contribution in [3.63, 3.8) is 0 Å². The van der Waals surface area contributed by atoms with Gasteiger partial charge in [-0.3, -0.25) is 0 Å². The Bertz CT molecular complexity index is 205. The number of nitrogens with one attached hydrogen (secondary N) is 1. The number of hydrogen-bond donors (Lipinski definition) is 1. The molecule has 0 bridgehead atoms. The number of hydrogen-bond acceptors (Lipinski definition) is 2. The molecule has 1 aliphatic carbocycles. The third-order valence-corrected chi connectivity index (χ3v) is 2.52. The predicted octanol–water partition coefficient (Wildman–Crippen LogP) is 1.37. The Morgan fingerprint density at radius 3 is 2.83 bits per heavy atom. The van der Waals surface area contributed by atoms with Crippen LogP contribution in [0.2, 0.25) is 0 Å². The van der Waals surface area contributed by atoms with E-state index in [-0.39, 0.29) is 1.43 Å². The molecule has 2 heteroatoms. The van der Waals surface area contributed by atoms with Crippen LogP contribution in [0, 0.1) is 0 Å². The maximum atomic E-state index is 3.37. The van der Waals surface area contributed by atoms with E-state index in [0.717, 1.165) is 13.1 Å². The molecule has 0 aromatic heterocycles. The molecule has 0 aromatic carbocycles. The average Bonchev–Trinajstić information content (AvgIpc) is 2.21. The Hall–Kier alpha value is -0.760. The summed E-state index contributed by atoms with van der Waals surface area (Å²) in [6.07, 6.45) is 9.13. The topological polar surface area (TPSA) is 15.3 Å². The molecule has 0 amide bonds. The summed E-state index contributed by atoms with van der Waals surface area (Å²) in [7, 11) is 0. The average molecular weight is 166 g/mol. The number of piperazine rings is 1. The highest BCUT2D eigenvalue weighted by molar-refractivity contribution is 5.17. The van der Waals surface area contributed by atoms with E-state index in [1.165, 1.54) is 31.6 Å². The molecule has 0 saturated carbocycles. The van der Waals surface area contributed by atoms with Crippen molar-refractivity contribution in [2.45, 2.75) is 12.8 Å². The molecule has 68 valence electrons. The molecule has 2 nitrogen and oxygen atoms in total. The molecule has 0 spiro atoms. The summed E-state index contributed by atoms with van der Waals surface area (Å²) in [5, 5.41) is 3.37. The van der Waals surface area contributed by atoms with Crippen molar-refractivity contribution in [3.8, 4) is 0 Å². The van der Waals surface area contributed by atoms with Gasteiger partial charge in [0, 0.05) is 33.3 Å². The summed E-state index contributed by atoms with van der Waals surface area (Å²) in [5.74, 6) is 0. The van der Waals surface area contributed by atoms with Crippen molar-refractivity contribution in [1.82, 2.24) is 10.2 Å². The molecule has 0 atom stereocenters. The van der Waals surface area contributed by atoms with E-state index in [0.29, 0.717) is 0 Å². The molecule has 0 radical (unpaired) electrons. The summed E-state index contributed by atoms with van der Waals surface area (Å²) in [5.41, 5.74) is 1.53. The largest absolute Gasteiger partial charge is 0.372 e. The van der Waals surface area contributed by atoms with Crippen LogP contribution in [0.3, 0.4) is 0 Å². The normalized spacial score (nSPS) is 24.0. The van der Waals surface area contributed by atoms with Crippen molar-refractivity contribution in [3.05, 3.63) is 23.9 Å². The molecule has 1 fully saturated rings. The van der Waals surface area contributed by atoms with Gasteiger partial charge in [0.05, 0.1) is 0 Å². The van der Waals surface area contributed by atoms with E-state index in [2.05, 4.69) is 28.4 Å². The van der Waals surface area contributed by atoms with Crippen LogP contribution < -0.4 is 5.32 Å². The van der Waals surface area contributed by atoms with Crippen molar-refractivity contribution in [1.29, 1.82) is 0 Å². The number of allylic oxidation sites excluding steroid dienone is 4. The molecule has 0 unspecified atom stereocenters. The van der Waals surface area contributed by atoms with Crippen LogP contribution in [0.4, 0.5) is 0 Å². The molecule has 1 N–H and O–H groups in total. The zero-order valence-corrected chi connectivity index (χ0v) is 7.42. The van der Waals surface area contributed by atoms with Crippen LogP contribution in [0.5, 0.6) is 0 Å². The lowest BCUT2D eigenvalue weighted by atomic mass is 10.1. The first-order chi connectivity index (χ1) is 5.97. The van der Waals surface area contributed by atoms with E-state index < -0.39 is 0 Å². The van der Waals surface area contributed by atoms with E-state index in [1.807, 2.05) is 0 Å². The second kappa shape index (κ2) is 3.76. The van der Waals surface area contributed by atoms with Gasteiger partial charge in [-0.05, 0) is 18.9 Å². The molecule has 12 heavy (non-hydrogen) atoms. The van der Waals surface area contributed by atoms with Crippen molar-refractivity contribution < 1.29 is 1.43 Å². The summed E-state index contributed by atoms with van der Waals surface area (Å²) in [6.45, 7) is 4.64. The Balaban J connectivity index is 0.000000845. The molecule has 1 aliphatic heterocycles. The lowest BCUT2D eigenvalue weighted by molar-refractivity contribution is 0.290. The summed E-state index contributed by atoms with van der Waals surface area (Å²) >= 11 is 0. The van der Waals surface area contributed by atoms with Crippen molar-refractivity contribution in [2.24, 2.45) is 0 Å². The van der Waals surface area contributed by atoms with E-state index in [9.17, 15) is 0 Å². The van der Waals surface area contributed by atoms with Crippen LogP contribution in [0.15, 0.2) is 23.9 Å². The highest BCUT2D eigenvalue weighted by atomic mass is 15.2. The lowest BCUT2D eigenvalue weighted by Crippen LogP contribution is -2.42. The standard InChI is InChI=1S/C10H16N2.H2/c1-2-4-10(5-3-1)12-8-6-11-7-9-12;/h1-2,4,11H,3,5-9H2;1H. The fourth-order valence-corrected chi connectivity index (χ4v) is 1.81. The van der Waals surface area contributed by atoms with Gasteiger partial charge in [0.15, 0.2) is 0 Å². The van der Waals surface area contributed by atoms with Gasteiger partial charge in [-0.15, -0.1) is 0 Å². The van der Waals surface area contributed by atoms with Crippen LogP contribution in [0.1, 0.15) is 14.3 Å². The highest BCUT2D eigenvalue weighted by Gasteiger charge is 2.12. The number of rotatable bonds is 1. The molecule has 1 heterocycles. The smallest absolute Gasteiger partial charge is 0.0300 e. The van der Waals surface area contributed by atoms with Gasteiger partial charge in [0.2, 0.25) is 0 Å². The summed E-state index contributed by atoms with van der Waals surface area (Å²) in [4.78, 5) is 2.50. The Kier molecular flexibility index (Phi) is 2.47. The Morgan fingerprint density at radius 1 is 1.33 bits per heavy atom. The molecule has 2 aliphatic rings. The first-order valence-electron chi connectivity index (χ1n) is 4.78. The maximum Gasteiger partial charge on any atom is 0.0300 e. The van der Waals surface area contributed by atoms with Gasteiger partial charge >= 0.3 is 0 Å². The molecular weight excluding hydrogens is 148 g/mol. The molecule has 0 aromatic rings. The van der Waals surface area contributed by atoms with E-state index >= 15 is 0 Å². The van der Waals surface area contributed by atoms with Crippen LogP contribution >= 0.6 is 0 Å². The highest BCUT2D eigenvalue weighted by Crippen LogP contribution is 2.16. The SMILES string of the molecule is C1=CCCC(N2CCNCC2)=C1.[HH]. The molecule has 2 rings (SSSR count). The molecular formula is C10H18N2. The summed E-state index contributed by atoms with van der Waals surface area (Å²) < 4.78 is 0. The third-order valence-electron chi connectivity index (χ3n) is 2.52. The fourth-order valence-electron chi connectivity index (χ4n) is 1.81. The van der Waals surface area contributed by atoms with E-state index in [1.54, 1.807) is 0 Å². The van der Waals surface area contributed by atoms with Gasteiger partial charge in [-0.1, -0.05) is 12.2 Å². The third kappa shape index (κ3) is 1.69. The zero-order chi connectivity index (χ0) is 8.23. The minimum atomic E-state index is 0. The zero-order valence-electron chi connectivity index (χ0n) is 7.42. The second-order valence-electron chi connectivity index (χ2n) is 3.36. The van der Waals surface area contributed by atoms with Gasteiger partial charge in [0.25, 0.3) is 0 Å². The Morgan fingerprint density at radius 2 is 2.17 bits per heavy atom. The van der Waals surface area contributed by atoms with Crippen LogP contribution in [-0.2, 0) is 0 Å². The fraction of sp³-hybridized carbons (Fsp3) is 0.600. The minimum Gasteiger partial charge on any atom is -0.372 e. The van der Waals surface area contributed by atoms with Crippen LogP contribution in [0.25, 0.3) is 0 Å². The van der Waals surface area contributed by atoms with Gasteiger partial charge in [-0.2, -0.15) is 0 Å².